The summed E-state index contributed by atoms with van der Waals surface area (Å²) in [6.07, 6.45) is 0. The maximum Gasteiger partial charge on any atom is 0.0575 e. The van der Waals surface area contributed by atoms with Crippen LogP contribution >= 0.6 is 0 Å². The highest BCUT2D eigenvalue weighted by atomic mass is 15.1. The molecule has 0 spiro atoms. The van der Waals surface area contributed by atoms with Gasteiger partial charge in [0.1, 0.15) is 0 Å². The molecule has 0 saturated heterocycles. The number of benzene rings is 2. The Morgan fingerprint density at radius 1 is 0.900 bits per heavy atom. The van der Waals surface area contributed by atoms with Gasteiger partial charge in [-0.2, -0.15) is 0 Å². The lowest BCUT2D eigenvalue weighted by atomic mass is 9.95. The number of aryl methyl sites for hydroxylation is 2. The third-order valence-electron chi connectivity index (χ3n) is 3.59. The van der Waals surface area contributed by atoms with Crippen molar-refractivity contribution in [1.82, 2.24) is 5.32 Å². The van der Waals surface area contributed by atoms with Gasteiger partial charge >= 0.3 is 0 Å². The van der Waals surface area contributed by atoms with E-state index in [4.69, 9.17) is 0 Å². The number of nitrogens with one attached hydrogen (secondary N) is 1. The van der Waals surface area contributed by atoms with E-state index >= 15 is 0 Å². The molecule has 1 unspecified atom stereocenters. The summed E-state index contributed by atoms with van der Waals surface area (Å²) in [4.78, 5) is 2.14. The molecule has 1 N–H and O–H groups in total. The maximum absolute atomic E-state index is 3.44. The van der Waals surface area contributed by atoms with Crippen molar-refractivity contribution in [3.05, 3.63) is 64.7 Å². The normalized spacial score (nSPS) is 12.2. The number of anilines is 1. The average Bonchev–Trinajstić information content (AvgIpc) is 2.39. The molecule has 0 radical (unpaired) electrons. The van der Waals surface area contributed by atoms with Crippen LogP contribution < -0.4 is 10.2 Å². The van der Waals surface area contributed by atoms with Crippen LogP contribution in [-0.4, -0.2) is 21.1 Å². The van der Waals surface area contributed by atoms with E-state index in [2.05, 4.69) is 80.6 Å². The fourth-order valence-electron chi connectivity index (χ4n) is 2.68. The van der Waals surface area contributed by atoms with E-state index < -0.39 is 0 Å². The van der Waals surface area contributed by atoms with E-state index in [-0.39, 0.29) is 6.04 Å². The monoisotopic (exact) mass is 268 g/mol. The molecule has 1 atom stereocenters. The number of hydrogen-bond donors (Lipinski definition) is 1. The highest BCUT2D eigenvalue weighted by molar-refractivity contribution is 5.49. The van der Waals surface area contributed by atoms with Gasteiger partial charge in [-0.15, -0.1) is 0 Å². The molecular formula is C18H24N2. The fourth-order valence-corrected chi connectivity index (χ4v) is 2.68. The van der Waals surface area contributed by atoms with Crippen molar-refractivity contribution in [2.45, 2.75) is 19.9 Å². The summed E-state index contributed by atoms with van der Waals surface area (Å²) in [5.41, 5.74) is 6.46. The zero-order chi connectivity index (χ0) is 14.7. The van der Waals surface area contributed by atoms with Gasteiger partial charge in [0, 0.05) is 19.8 Å². The number of nitrogens with zero attached hydrogens (tertiary/aromatic N) is 1. The van der Waals surface area contributed by atoms with Gasteiger partial charge in [-0.1, -0.05) is 41.5 Å². The van der Waals surface area contributed by atoms with Crippen molar-refractivity contribution in [3.8, 4) is 0 Å². The summed E-state index contributed by atoms with van der Waals surface area (Å²) in [6, 6.07) is 15.7. The van der Waals surface area contributed by atoms with Crippen molar-refractivity contribution < 1.29 is 0 Å². The van der Waals surface area contributed by atoms with E-state index in [0.717, 1.165) is 0 Å². The Bertz CT molecular complexity index is 567. The van der Waals surface area contributed by atoms with Crippen molar-refractivity contribution in [1.29, 1.82) is 0 Å². The minimum Gasteiger partial charge on any atom is -0.378 e. The SMILES string of the molecule is CNC(c1cc(C)cc(C)c1)c1cccc(N(C)C)c1. The molecule has 106 valence electrons. The van der Waals surface area contributed by atoms with Gasteiger partial charge in [0.15, 0.2) is 0 Å². The highest BCUT2D eigenvalue weighted by Gasteiger charge is 2.13. The lowest BCUT2D eigenvalue weighted by Gasteiger charge is -2.21. The molecule has 0 amide bonds. The zero-order valence-electron chi connectivity index (χ0n) is 13.1. The van der Waals surface area contributed by atoms with Crippen LogP contribution in [0.15, 0.2) is 42.5 Å². The Balaban J connectivity index is 2.43. The van der Waals surface area contributed by atoms with Crippen LogP contribution in [0.3, 0.4) is 0 Å². The van der Waals surface area contributed by atoms with Gasteiger partial charge in [-0.05, 0) is 44.2 Å². The molecule has 2 heteroatoms. The van der Waals surface area contributed by atoms with Crippen molar-refractivity contribution in [2.24, 2.45) is 0 Å². The molecule has 0 aliphatic carbocycles. The molecule has 2 nitrogen and oxygen atoms in total. The first-order chi connectivity index (χ1) is 9.51. The molecule has 0 fully saturated rings. The maximum atomic E-state index is 3.44. The quantitative estimate of drug-likeness (QED) is 0.910. The Morgan fingerprint density at radius 3 is 2.10 bits per heavy atom. The third-order valence-corrected chi connectivity index (χ3v) is 3.59. The zero-order valence-corrected chi connectivity index (χ0v) is 13.1. The van der Waals surface area contributed by atoms with Crippen molar-refractivity contribution >= 4 is 5.69 Å². The second kappa shape index (κ2) is 6.10. The van der Waals surface area contributed by atoms with Crippen LogP contribution in [0.25, 0.3) is 0 Å². The summed E-state index contributed by atoms with van der Waals surface area (Å²) in [5.74, 6) is 0. The van der Waals surface area contributed by atoms with Crippen LogP contribution in [0.5, 0.6) is 0 Å². The Labute approximate surface area is 122 Å². The molecule has 0 saturated carbocycles. The van der Waals surface area contributed by atoms with Crippen molar-refractivity contribution in [3.63, 3.8) is 0 Å². The topological polar surface area (TPSA) is 15.3 Å². The lowest BCUT2D eigenvalue weighted by Crippen LogP contribution is -2.18. The Hall–Kier alpha value is -1.80. The number of hydrogen-bond acceptors (Lipinski definition) is 2. The predicted molar refractivity (Wildman–Crippen MR) is 87.6 cm³/mol. The second-order valence-corrected chi connectivity index (χ2v) is 5.63. The standard InChI is InChI=1S/C18H24N2/c1-13-9-14(2)11-16(10-13)18(19-3)15-7-6-8-17(12-15)20(4)5/h6-12,18-19H,1-5H3. The molecule has 0 aliphatic rings. The summed E-state index contributed by atoms with van der Waals surface area (Å²) in [5, 5.41) is 3.44. The summed E-state index contributed by atoms with van der Waals surface area (Å²) >= 11 is 0. The minimum absolute atomic E-state index is 0.230. The van der Waals surface area contributed by atoms with E-state index in [1.165, 1.54) is 27.9 Å². The number of rotatable bonds is 4. The van der Waals surface area contributed by atoms with Gasteiger partial charge in [0.05, 0.1) is 6.04 Å². The molecule has 2 aromatic rings. The van der Waals surface area contributed by atoms with E-state index in [1.54, 1.807) is 0 Å². The molecule has 0 bridgehead atoms. The highest BCUT2D eigenvalue weighted by Crippen LogP contribution is 2.26. The average molecular weight is 268 g/mol. The summed E-state index contributed by atoms with van der Waals surface area (Å²) in [7, 11) is 6.17. The minimum atomic E-state index is 0.230. The molecule has 0 aliphatic heterocycles. The van der Waals surface area contributed by atoms with Crippen molar-refractivity contribution in [2.75, 3.05) is 26.0 Å². The summed E-state index contributed by atoms with van der Waals surface area (Å²) in [6.45, 7) is 4.30. The van der Waals surface area contributed by atoms with Gasteiger partial charge in [-0.25, -0.2) is 0 Å². The molecular weight excluding hydrogens is 244 g/mol. The van der Waals surface area contributed by atoms with Crippen LogP contribution in [0.2, 0.25) is 0 Å². The molecule has 2 rings (SSSR count). The van der Waals surface area contributed by atoms with Gasteiger partial charge in [-0.3, -0.25) is 0 Å². The fraction of sp³-hybridized carbons (Fsp3) is 0.333. The second-order valence-electron chi connectivity index (χ2n) is 5.63. The smallest absolute Gasteiger partial charge is 0.0575 e. The van der Waals surface area contributed by atoms with Crippen LogP contribution in [0.1, 0.15) is 28.3 Å². The molecule has 0 heterocycles. The van der Waals surface area contributed by atoms with E-state index in [9.17, 15) is 0 Å². The first kappa shape index (κ1) is 14.6. The van der Waals surface area contributed by atoms with Crippen LogP contribution in [0.4, 0.5) is 5.69 Å². The largest absolute Gasteiger partial charge is 0.378 e. The predicted octanol–water partition coefficient (Wildman–Crippen LogP) is 3.68. The van der Waals surface area contributed by atoms with Gasteiger partial charge in [0.25, 0.3) is 0 Å². The molecule has 0 aromatic heterocycles. The first-order valence-corrected chi connectivity index (χ1v) is 7.04. The van der Waals surface area contributed by atoms with Gasteiger partial charge < -0.3 is 10.2 Å². The Kier molecular flexibility index (Phi) is 4.46. The Morgan fingerprint density at radius 2 is 1.55 bits per heavy atom. The van der Waals surface area contributed by atoms with Crippen LogP contribution in [0, 0.1) is 13.8 Å². The molecule has 20 heavy (non-hydrogen) atoms. The third kappa shape index (κ3) is 3.20. The van der Waals surface area contributed by atoms with Crippen LogP contribution in [-0.2, 0) is 0 Å². The van der Waals surface area contributed by atoms with Gasteiger partial charge in [0.2, 0.25) is 0 Å². The first-order valence-electron chi connectivity index (χ1n) is 7.04. The van der Waals surface area contributed by atoms with E-state index in [0.29, 0.717) is 0 Å². The van der Waals surface area contributed by atoms with E-state index in [1.807, 2.05) is 7.05 Å². The summed E-state index contributed by atoms with van der Waals surface area (Å²) < 4.78 is 0. The molecule has 2 aromatic carbocycles. The lowest BCUT2D eigenvalue weighted by molar-refractivity contribution is 0.690.